The number of amides is 1. The number of carbonyl (C=O) groups is 1. The highest BCUT2D eigenvalue weighted by Crippen LogP contribution is 2.26. The van der Waals surface area contributed by atoms with Gasteiger partial charge in [-0.3, -0.25) is 9.52 Å². The molecular weight excluding hydrogens is 446 g/mol. The molecule has 0 saturated heterocycles. The third-order valence-corrected chi connectivity index (χ3v) is 6.04. The van der Waals surface area contributed by atoms with Crippen LogP contribution in [0.4, 0.5) is 5.69 Å². The van der Waals surface area contributed by atoms with Crippen molar-refractivity contribution in [2.45, 2.75) is 11.8 Å². The van der Waals surface area contributed by atoms with Crippen molar-refractivity contribution in [3.63, 3.8) is 0 Å². The summed E-state index contributed by atoms with van der Waals surface area (Å²) in [6, 6.07) is 16.8. The van der Waals surface area contributed by atoms with Crippen LogP contribution in [0.2, 0.25) is 0 Å². The van der Waals surface area contributed by atoms with Crippen LogP contribution in [0, 0.1) is 0 Å². The Morgan fingerprint density at radius 2 is 1.73 bits per heavy atom. The molecule has 3 N–H and O–H groups in total. The second-order valence-corrected chi connectivity index (χ2v) is 8.54. The number of hydrazone groups is 1. The number of sulfonamides is 1. The second-order valence-electron chi connectivity index (χ2n) is 6.85. The fraction of sp³-hybridized carbons (Fsp3) is 0.130. The summed E-state index contributed by atoms with van der Waals surface area (Å²) in [5.41, 5.74) is 3.50. The van der Waals surface area contributed by atoms with Gasteiger partial charge in [-0.1, -0.05) is 18.2 Å². The lowest BCUT2D eigenvalue weighted by atomic mass is 10.1. The van der Waals surface area contributed by atoms with Gasteiger partial charge >= 0.3 is 0 Å². The van der Waals surface area contributed by atoms with Crippen LogP contribution in [-0.4, -0.2) is 39.4 Å². The molecule has 3 aromatic carbocycles. The number of hydrogen-bond donors (Lipinski definition) is 3. The summed E-state index contributed by atoms with van der Waals surface area (Å²) in [7, 11) is -1.06. The SMILES string of the molecule is COc1ccc(/C(C)=N\NC(=O)c2cccc(S(=O)(=O)Nc3ccccc3OC)c2)c(O)c1. The topological polar surface area (TPSA) is 126 Å². The monoisotopic (exact) mass is 469 g/mol. The molecule has 0 saturated carbocycles. The number of nitrogens with one attached hydrogen (secondary N) is 2. The zero-order valence-corrected chi connectivity index (χ0v) is 19.0. The molecule has 0 radical (unpaired) electrons. The first-order chi connectivity index (χ1) is 15.7. The number of ether oxygens (including phenoxy) is 2. The molecule has 1 amide bonds. The van der Waals surface area contributed by atoms with Crippen LogP contribution >= 0.6 is 0 Å². The van der Waals surface area contributed by atoms with Gasteiger partial charge < -0.3 is 14.6 Å². The Bertz CT molecular complexity index is 1310. The minimum absolute atomic E-state index is 0.0552. The van der Waals surface area contributed by atoms with Crippen LogP contribution in [0.25, 0.3) is 0 Å². The van der Waals surface area contributed by atoms with Crippen LogP contribution in [0.3, 0.4) is 0 Å². The molecule has 0 fully saturated rings. The van der Waals surface area contributed by atoms with E-state index in [2.05, 4.69) is 15.2 Å². The summed E-state index contributed by atoms with van der Waals surface area (Å²) in [5, 5.41) is 14.1. The Morgan fingerprint density at radius 3 is 2.42 bits per heavy atom. The number of carbonyl (C=O) groups excluding carboxylic acids is 1. The molecule has 0 spiro atoms. The predicted octanol–water partition coefficient (Wildman–Crippen LogP) is 3.36. The summed E-state index contributed by atoms with van der Waals surface area (Å²) in [6.07, 6.45) is 0. The molecule has 0 aliphatic rings. The van der Waals surface area contributed by atoms with Crippen molar-refractivity contribution >= 4 is 27.3 Å². The van der Waals surface area contributed by atoms with Crippen molar-refractivity contribution in [3.05, 3.63) is 77.9 Å². The summed E-state index contributed by atoms with van der Waals surface area (Å²) in [4.78, 5) is 12.5. The minimum Gasteiger partial charge on any atom is -0.507 e. The van der Waals surface area contributed by atoms with E-state index in [4.69, 9.17) is 9.47 Å². The van der Waals surface area contributed by atoms with Crippen LogP contribution in [0.5, 0.6) is 17.2 Å². The number of methoxy groups -OCH3 is 2. The molecule has 172 valence electrons. The molecule has 0 aliphatic carbocycles. The van der Waals surface area contributed by atoms with Crippen LogP contribution in [-0.2, 0) is 10.0 Å². The van der Waals surface area contributed by atoms with Crippen molar-refractivity contribution < 1.29 is 27.8 Å². The van der Waals surface area contributed by atoms with Gasteiger partial charge in [0.25, 0.3) is 15.9 Å². The highest BCUT2D eigenvalue weighted by molar-refractivity contribution is 7.92. The van der Waals surface area contributed by atoms with Crippen LogP contribution < -0.4 is 19.6 Å². The standard InChI is InChI=1S/C23H23N3O6S/c1-15(19-12-11-17(31-2)14-21(19)27)24-25-23(28)16-7-6-8-18(13-16)33(29,30)26-20-9-4-5-10-22(20)32-3/h4-14,26-27H,1-3H3,(H,25,28)/b24-15-. The van der Waals surface area contributed by atoms with Gasteiger partial charge in [0.1, 0.15) is 17.2 Å². The Morgan fingerprint density at radius 1 is 0.970 bits per heavy atom. The van der Waals surface area contributed by atoms with Gasteiger partial charge in [-0.25, -0.2) is 13.8 Å². The Hall–Kier alpha value is -4.05. The first kappa shape index (κ1) is 23.6. The number of aromatic hydroxyl groups is 1. The van der Waals surface area contributed by atoms with Gasteiger partial charge in [-0.05, 0) is 49.4 Å². The van der Waals surface area contributed by atoms with E-state index in [1.54, 1.807) is 43.3 Å². The molecule has 0 atom stereocenters. The predicted molar refractivity (Wildman–Crippen MR) is 125 cm³/mol. The maximum absolute atomic E-state index is 12.8. The lowest BCUT2D eigenvalue weighted by Gasteiger charge is -2.12. The van der Waals surface area contributed by atoms with E-state index in [1.807, 2.05) is 0 Å². The van der Waals surface area contributed by atoms with Gasteiger partial charge in [0.15, 0.2) is 0 Å². The largest absolute Gasteiger partial charge is 0.507 e. The molecule has 10 heteroatoms. The van der Waals surface area contributed by atoms with Gasteiger partial charge in [0, 0.05) is 17.2 Å². The second kappa shape index (κ2) is 10.0. The molecule has 0 aliphatic heterocycles. The first-order valence-corrected chi connectivity index (χ1v) is 11.2. The molecule has 3 aromatic rings. The molecule has 0 bridgehead atoms. The summed E-state index contributed by atoms with van der Waals surface area (Å²) in [6.45, 7) is 1.61. The first-order valence-electron chi connectivity index (χ1n) is 9.73. The average Bonchev–Trinajstić information content (AvgIpc) is 2.82. The fourth-order valence-corrected chi connectivity index (χ4v) is 4.06. The fourth-order valence-electron chi connectivity index (χ4n) is 2.94. The van der Waals surface area contributed by atoms with Crippen molar-refractivity contribution in [1.82, 2.24) is 5.43 Å². The Kier molecular flexibility index (Phi) is 7.19. The molecule has 9 nitrogen and oxygen atoms in total. The van der Waals surface area contributed by atoms with Gasteiger partial charge in [-0.15, -0.1) is 0 Å². The van der Waals surface area contributed by atoms with Gasteiger partial charge in [-0.2, -0.15) is 5.10 Å². The number of rotatable bonds is 8. The maximum atomic E-state index is 12.8. The number of anilines is 1. The van der Waals surface area contributed by atoms with Crippen LogP contribution in [0.1, 0.15) is 22.8 Å². The van der Waals surface area contributed by atoms with E-state index in [-0.39, 0.29) is 21.9 Å². The van der Waals surface area contributed by atoms with E-state index < -0.39 is 15.9 Å². The van der Waals surface area contributed by atoms with E-state index >= 15 is 0 Å². The molecule has 0 unspecified atom stereocenters. The lowest BCUT2D eigenvalue weighted by Crippen LogP contribution is -2.20. The maximum Gasteiger partial charge on any atom is 0.271 e. The van der Waals surface area contributed by atoms with Crippen molar-refractivity contribution in [2.24, 2.45) is 5.10 Å². The number of para-hydroxylation sites is 2. The molecule has 3 rings (SSSR count). The van der Waals surface area contributed by atoms with Gasteiger partial charge in [0.05, 0.1) is 30.5 Å². The Balaban J connectivity index is 1.78. The van der Waals surface area contributed by atoms with Gasteiger partial charge in [0.2, 0.25) is 0 Å². The third kappa shape index (κ3) is 5.60. The van der Waals surface area contributed by atoms with Crippen LogP contribution in [0.15, 0.2) is 76.7 Å². The number of benzene rings is 3. The average molecular weight is 470 g/mol. The number of nitrogens with zero attached hydrogens (tertiary/aromatic N) is 1. The third-order valence-electron chi connectivity index (χ3n) is 4.68. The number of phenols is 1. The van der Waals surface area contributed by atoms with E-state index in [1.165, 1.54) is 44.6 Å². The zero-order chi connectivity index (χ0) is 24.0. The van der Waals surface area contributed by atoms with E-state index in [0.29, 0.717) is 22.8 Å². The van der Waals surface area contributed by atoms with E-state index in [9.17, 15) is 18.3 Å². The lowest BCUT2D eigenvalue weighted by molar-refractivity contribution is 0.0954. The molecule has 0 aromatic heterocycles. The van der Waals surface area contributed by atoms with Crippen molar-refractivity contribution in [3.8, 4) is 17.2 Å². The molecular formula is C23H23N3O6S. The molecule has 0 heterocycles. The number of hydrogen-bond acceptors (Lipinski definition) is 7. The smallest absolute Gasteiger partial charge is 0.271 e. The van der Waals surface area contributed by atoms with E-state index in [0.717, 1.165) is 0 Å². The molecule has 33 heavy (non-hydrogen) atoms. The normalized spacial score (nSPS) is 11.5. The highest BCUT2D eigenvalue weighted by Gasteiger charge is 2.18. The quantitative estimate of drug-likeness (QED) is 0.343. The summed E-state index contributed by atoms with van der Waals surface area (Å²) >= 11 is 0. The van der Waals surface area contributed by atoms with Crippen molar-refractivity contribution in [1.29, 1.82) is 0 Å². The zero-order valence-electron chi connectivity index (χ0n) is 18.2. The number of phenolic OH excluding ortho intramolecular Hbond substituents is 1. The Labute approximate surface area is 191 Å². The van der Waals surface area contributed by atoms with Crippen molar-refractivity contribution in [2.75, 3.05) is 18.9 Å². The summed E-state index contributed by atoms with van der Waals surface area (Å²) in [5.74, 6) is 0.173. The minimum atomic E-state index is -3.98. The highest BCUT2D eigenvalue weighted by atomic mass is 32.2. The summed E-state index contributed by atoms with van der Waals surface area (Å²) < 4.78 is 38.3.